The molecule has 0 unspecified atom stereocenters. The Kier molecular flexibility index (Phi) is 6.60. The van der Waals surface area contributed by atoms with Crippen LogP contribution >= 0.6 is 0 Å². The maximum atomic E-state index is 12.1. The summed E-state index contributed by atoms with van der Waals surface area (Å²) in [6.45, 7) is 4.30. The highest BCUT2D eigenvalue weighted by Gasteiger charge is 2.30. The van der Waals surface area contributed by atoms with Crippen LogP contribution in [-0.2, 0) is 14.4 Å². The number of rotatable bonds is 9. The Balaban J connectivity index is 2.29. The van der Waals surface area contributed by atoms with E-state index in [9.17, 15) is 14.4 Å². The SMILES string of the molecule is CCOc1cc(NC(=O)C2CC2)c(OCC)cc1NC(=O)/C=C/C(=O)O. The number of anilines is 2. The topological polar surface area (TPSA) is 114 Å². The van der Waals surface area contributed by atoms with Crippen LogP contribution in [0.25, 0.3) is 0 Å². The summed E-state index contributed by atoms with van der Waals surface area (Å²) < 4.78 is 11.1. The molecule has 26 heavy (non-hydrogen) atoms. The fourth-order valence-corrected chi connectivity index (χ4v) is 2.21. The lowest BCUT2D eigenvalue weighted by molar-refractivity contribution is -0.131. The van der Waals surface area contributed by atoms with Crippen LogP contribution in [0.1, 0.15) is 26.7 Å². The number of carbonyl (C=O) groups excluding carboxylic acids is 2. The van der Waals surface area contributed by atoms with E-state index in [1.165, 1.54) is 0 Å². The molecule has 0 atom stereocenters. The molecular weight excluding hydrogens is 340 g/mol. The number of aliphatic carboxylic acids is 1. The maximum Gasteiger partial charge on any atom is 0.328 e. The van der Waals surface area contributed by atoms with Crippen molar-refractivity contribution in [2.45, 2.75) is 26.7 Å². The van der Waals surface area contributed by atoms with Gasteiger partial charge >= 0.3 is 5.97 Å². The predicted octanol–water partition coefficient (Wildman–Crippen LogP) is 2.41. The molecular formula is C18H22N2O6. The Labute approximate surface area is 151 Å². The van der Waals surface area contributed by atoms with Crippen LogP contribution < -0.4 is 20.1 Å². The van der Waals surface area contributed by atoms with Gasteiger partial charge in [0, 0.05) is 30.2 Å². The minimum Gasteiger partial charge on any atom is -0.492 e. The second-order valence-electron chi connectivity index (χ2n) is 5.63. The molecule has 8 nitrogen and oxygen atoms in total. The highest BCUT2D eigenvalue weighted by Crippen LogP contribution is 2.38. The molecule has 1 fully saturated rings. The van der Waals surface area contributed by atoms with Gasteiger partial charge in [-0.05, 0) is 26.7 Å². The van der Waals surface area contributed by atoms with Crippen LogP contribution in [0.3, 0.4) is 0 Å². The summed E-state index contributed by atoms with van der Waals surface area (Å²) in [5, 5.41) is 14.0. The van der Waals surface area contributed by atoms with E-state index in [-0.39, 0.29) is 11.8 Å². The summed E-state index contributed by atoms with van der Waals surface area (Å²) in [6, 6.07) is 3.13. The molecule has 0 bridgehead atoms. The predicted molar refractivity (Wildman–Crippen MR) is 95.5 cm³/mol. The van der Waals surface area contributed by atoms with E-state index in [0.717, 1.165) is 25.0 Å². The maximum absolute atomic E-state index is 12.1. The first-order chi connectivity index (χ1) is 12.4. The van der Waals surface area contributed by atoms with Gasteiger partial charge in [0.05, 0.1) is 24.6 Å². The largest absolute Gasteiger partial charge is 0.492 e. The molecule has 2 amide bonds. The molecule has 1 saturated carbocycles. The molecule has 8 heteroatoms. The van der Waals surface area contributed by atoms with Crippen LogP contribution in [0.15, 0.2) is 24.3 Å². The number of carboxylic acid groups (broad SMARTS) is 1. The number of nitrogens with one attached hydrogen (secondary N) is 2. The Bertz CT molecular complexity index is 725. The number of amides is 2. The Morgan fingerprint density at radius 1 is 1.04 bits per heavy atom. The van der Waals surface area contributed by atoms with Gasteiger partial charge in [-0.15, -0.1) is 0 Å². The molecule has 140 valence electrons. The quantitative estimate of drug-likeness (QED) is 0.581. The van der Waals surface area contributed by atoms with E-state index in [2.05, 4.69) is 10.6 Å². The molecule has 1 aliphatic carbocycles. The van der Waals surface area contributed by atoms with Crippen LogP contribution in [0, 0.1) is 5.92 Å². The van der Waals surface area contributed by atoms with Crippen molar-refractivity contribution in [3.8, 4) is 11.5 Å². The molecule has 0 heterocycles. The molecule has 1 aliphatic rings. The molecule has 3 N–H and O–H groups in total. The number of hydrogen-bond acceptors (Lipinski definition) is 5. The van der Waals surface area contributed by atoms with E-state index in [1.54, 1.807) is 26.0 Å². The summed E-state index contributed by atoms with van der Waals surface area (Å²) in [4.78, 5) is 34.5. The zero-order valence-corrected chi connectivity index (χ0v) is 14.7. The second kappa shape index (κ2) is 8.89. The minimum atomic E-state index is -1.22. The van der Waals surface area contributed by atoms with Gasteiger partial charge in [-0.3, -0.25) is 9.59 Å². The van der Waals surface area contributed by atoms with E-state index in [1.807, 2.05) is 0 Å². The lowest BCUT2D eigenvalue weighted by Crippen LogP contribution is -2.15. The zero-order valence-electron chi connectivity index (χ0n) is 14.7. The summed E-state index contributed by atoms with van der Waals surface area (Å²) in [7, 11) is 0. The molecule has 0 aromatic heterocycles. The standard InChI is InChI=1S/C18H22N2O6/c1-3-25-14-10-13(20-18(24)11-5-6-11)15(26-4-2)9-12(14)19-16(21)7-8-17(22)23/h7-11H,3-6H2,1-2H3,(H,19,21)(H,20,24)(H,22,23)/b8-7+. The third-order valence-electron chi connectivity index (χ3n) is 3.52. The van der Waals surface area contributed by atoms with Crippen molar-refractivity contribution in [2.75, 3.05) is 23.8 Å². The van der Waals surface area contributed by atoms with Crippen LogP contribution in [-0.4, -0.2) is 36.1 Å². The van der Waals surface area contributed by atoms with Gasteiger partial charge in [-0.1, -0.05) is 0 Å². The number of hydrogen-bond donors (Lipinski definition) is 3. The number of benzene rings is 1. The summed E-state index contributed by atoms with van der Waals surface area (Å²) >= 11 is 0. The van der Waals surface area contributed by atoms with E-state index in [0.29, 0.717) is 36.1 Å². The lowest BCUT2D eigenvalue weighted by Gasteiger charge is -2.17. The molecule has 2 rings (SSSR count). The van der Waals surface area contributed by atoms with Crippen molar-refractivity contribution in [1.29, 1.82) is 0 Å². The minimum absolute atomic E-state index is 0.0283. The molecule has 1 aromatic rings. The third kappa shape index (κ3) is 5.51. The highest BCUT2D eigenvalue weighted by molar-refractivity contribution is 6.04. The lowest BCUT2D eigenvalue weighted by atomic mass is 10.2. The number of carboxylic acids is 1. The van der Waals surface area contributed by atoms with Gasteiger partial charge < -0.3 is 25.2 Å². The first-order valence-corrected chi connectivity index (χ1v) is 8.41. The Hall–Kier alpha value is -3.03. The smallest absolute Gasteiger partial charge is 0.328 e. The Morgan fingerprint density at radius 3 is 2.04 bits per heavy atom. The first kappa shape index (κ1) is 19.3. The summed E-state index contributed by atoms with van der Waals surface area (Å²) in [5.74, 6) is -1.15. The van der Waals surface area contributed by atoms with Gasteiger partial charge in [-0.25, -0.2) is 4.79 Å². The average molecular weight is 362 g/mol. The van der Waals surface area contributed by atoms with Gasteiger partial charge in [0.25, 0.3) is 0 Å². The van der Waals surface area contributed by atoms with Crippen LogP contribution in [0.4, 0.5) is 11.4 Å². The van der Waals surface area contributed by atoms with Crippen molar-refractivity contribution >= 4 is 29.2 Å². The molecule has 0 radical (unpaired) electrons. The van der Waals surface area contributed by atoms with Gasteiger partial charge in [0.15, 0.2) is 0 Å². The molecule has 1 aromatic carbocycles. The van der Waals surface area contributed by atoms with Crippen molar-refractivity contribution < 1.29 is 29.0 Å². The normalized spacial score (nSPS) is 13.3. The van der Waals surface area contributed by atoms with Crippen molar-refractivity contribution in [3.05, 3.63) is 24.3 Å². The van der Waals surface area contributed by atoms with Crippen molar-refractivity contribution in [1.82, 2.24) is 0 Å². The van der Waals surface area contributed by atoms with Crippen LogP contribution in [0.5, 0.6) is 11.5 Å². The monoisotopic (exact) mass is 362 g/mol. The van der Waals surface area contributed by atoms with Crippen molar-refractivity contribution in [2.24, 2.45) is 5.92 Å². The van der Waals surface area contributed by atoms with Gasteiger partial charge in [0.1, 0.15) is 11.5 Å². The zero-order chi connectivity index (χ0) is 19.1. The molecule has 0 saturated heterocycles. The third-order valence-corrected chi connectivity index (χ3v) is 3.52. The van der Waals surface area contributed by atoms with Crippen LogP contribution in [0.2, 0.25) is 0 Å². The van der Waals surface area contributed by atoms with Crippen molar-refractivity contribution in [3.63, 3.8) is 0 Å². The second-order valence-corrected chi connectivity index (χ2v) is 5.63. The van der Waals surface area contributed by atoms with Gasteiger partial charge in [-0.2, -0.15) is 0 Å². The summed E-state index contributed by atoms with van der Waals surface area (Å²) in [6.07, 6.45) is 3.39. The first-order valence-electron chi connectivity index (χ1n) is 8.41. The number of ether oxygens (including phenoxy) is 2. The van der Waals surface area contributed by atoms with Gasteiger partial charge in [0.2, 0.25) is 11.8 Å². The number of carbonyl (C=O) groups is 3. The summed E-state index contributed by atoms with van der Waals surface area (Å²) in [5.41, 5.74) is 0.783. The average Bonchev–Trinajstić information content (AvgIpc) is 3.42. The highest BCUT2D eigenvalue weighted by atomic mass is 16.5. The molecule has 0 spiro atoms. The Morgan fingerprint density at radius 2 is 1.58 bits per heavy atom. The van der Waals surface area contributed by atoms with E-state index in [4.69, 9.17) is 14.6 Å². The molecule has 0 aliphatic heterocycles. The fraction of sp³-hybridized carbons (Fsp3) is 0.389. The fourth-order valence-electron chi connectivity index (χ4n) is 2.21. The van der Waals surface area contributed by atoms with E-state index >= 15 is 0 Å². The van der Waals surface area contributed by atoms with E-state index < -0.39 is 11.9 Å².